The van der Waals surface area contributed by atoms with Crippen LogP contribution in [0.1, 0.15) is 30.9 Å². The minimum absolute atomic E-state index is 0.00725. The summed E-state index contributed by atoms with van der Waals surface area (Å²) in [5.41, 5.74) is 3.52. The standard InChI is InChI=1S/C33H30F2N4O3S/c1-3-13-36-19-22-4-10-27(38-20-22)31-18-28-33(43-31)30(12-14-37-28)42-29-11-5-21(16-26(29)35)15-25(40)17-32(41)39(2)24-8-6-23(34)7-9-24/h4-12,14,16,18,20,36H,3,13,15,17,19H2,1-2H3. The number of anilines is 1. The van der Waals surface area contributed by atoms with Gasteiger partial charge in [-0.15, -0.1) is 11.3 Å². The summed E-state index contributed by atoms with van der Waals surface area (Å²) < 4.78 is 35.0. The molecule has 0 spiro atoms. The van der Waals surface area contributed by atoms with Gasteiger partial charge >= 0.3 is 0 Å². The zero-order valence-electron chi connectivity index (χ0n) is 23.8. The summed E-state index contributed by atoms with van der Waals surface area (Å²) in [5, 5.41) is 3.36. The Labute approximate surface area is 252 Å². The second-order valence-electron chi connectivity index (χ2n) is 10.1. The van der Waals surface area contributed by atoms with E-state index in [0.717, 1.165) is 40.3 Å². The highest BCUT2D eigenvalue weighted by Crippen LogP contribution is 2.39. The van der Waals surface area contributed by atoms with Crippen LogP contribution >= 0.6 is 11.3 Å². The molecule has 0 atom stereocenters. The highest BCUT2D eigenvalue weighted by molar-refractivity contribution is 7.22. The number of carbonyl (C=O) groups is 2. The normalized spacial score (nSPS) is 11.1. The monoisotopic (exact) mass is 600 g/mol. The molecule has 0 aliphatic rings. The summed E-state index contributed by atoms with van der Waals surface area (Å²) in [7, 11) is 1.51. The van der Waals surface area contributed by atoms with Crippen molar-refractivity contribution in [1.29, 1.82) is 0 Å². The van der Waals surface area contributed by atoms with E-state index in [1.54, 1.807) is 18.3 Å². The molecule has 1 N–H and O–H groups in total. The number of carbonyl (C=O) groups excluding carboxylic acids is 2. The Bertz CT molecular complexity index is 1740. The van der Waals surface area contributed by atoms with E-state index >= 15 is 4.39 Å². The zero-order chi connectivity index (χ0) is 30.3. The molecule has 0 saturated heterocycles. The molecule has 0 aliphatic heterocycles. The van der Waals surface area contributed by atoms with Gasteiger partial charge in [0, 0.05) is 44.2 Å². The number of fused-ring (bicyclic) bond motifs is 1. The van der Waals surface area contributed by atoms with E-state index in [1.807, 2.05) is 24.4 Å². The summed E-state index contributed by atoms with van der Waals surface area (Å²) in [6, 6.07) is 17.3. The number of Topliss-reactive ketones (excluding diaryl/α,β-unsaturated/α-hetero) is 1. The lowest BCUT2D eigenvalue weighted by molar-refractivity contribution is -0.126. The Morgan fingerprint density at radius 1 is 0.953 bits per heavy atom. The van der Waals surface area contributed by atoms with Crippen LogP contribution < -0.4 is 15.0 Å². The number of pyridine rings is 2. The van der Waals surface area contributed by atoms with Crippen molar-refractivity contribution >= 4 is 38.9 Å². The first-order valence-corrected chi connectivity index (χ1v) is 14.7. The number of nitrogens with zero attached hydrogens (tertiary/aromatic N) is 3. The van der Waals surface area contributed by atoms with Gasteiger partial charge < -0.3 is 15.0 Å². The number of ether oxygens (including phenoxy) is 1. The number of benzene rings is 2. The summed E-state index contributed by atoms with van der Waals surface area (Å²) in [6.07, 6.45) is 4.05. The highest BCUT2D eigenvalue weighted by atomic mass is 32.1. The Balaban J connectivity index is 1.24. The minimum Gasteiger partial charge on any atom is -0.453 e. The Hall–Kier alpha value is -4.54. The van der Waals surface area contributed by atoms with Crippen LogP contribution in [-0.4, -0.2) is 35.3 Å². The topological polar surface area (TPSA) is 84.4 Å². The van der Waals surface area contributed by atoms with Crippen LogP contribution in [0.25, 0.3) is 20.8 Å². The van der Waals surface area contributed by atoms with Crippen LogP contribution in [-0.2, 0) is 22.6 Å². The van der Waals surface area contributed by atoms with E-state index in [2.05, 4.69) is 22.2 Å². The number of nitrogens with one attached hydrogen (secondary N) is 1. The fraction of sp³-hybridized carbons (Fsp3) is 0.212. The quantitative estimate of drug-likeness (QED) is 0.122. The molecule has 2 aromatic carbocycles. The number of aromatic nitrogens is 2. The number of amides is 1. The maximum Gasteiger partial charge on any atom is 0.234 e. The minimum atomic E-state index is -0.629. The van der Waals surface area contributed by atoms with Gasteiger partial charge in [0.05, 0.1) is 27.2 Å². The lowest BCUT2D eigenvalue weighted by Crippen LogP contribution is -2.28. The fourth-order valence-corrected chi connectivity index (χ4v) is 5.49. The van der Waals surface area contributed by atoms with Gasteiger partial charge in [0.2, 0.25) is 5.91 Å². The molecule has 0 saturated carbocycles. The average molecular weight is 601 g/mol. The van der Waals surface area contributed by atoms with E-state index in [1.165, 1.54) is 59.7 Å². The molecule has 7 nitrogen and oxygen atoms in total. The molecular weight excluding hydrogens is 570 g/mol. The molecule has 5 aromatic rings. The van der Waals surface area contributed by atoms with Crippen LogP contribution in [0, 0.1) is 11.6 Å². The number of hydrogen-bond donors (Lipinski definition) is 1. The van der Waals surface area contributed by atoms with E-state index < -0.39 is 17.5 Å². The molecule has 43 heavy (non-hydrogen) atoms. The van der Waals surface area contributed by atoms with E-state index in [-0.39, 0.29) is 24.4 Å². The van der Waals surface area contributed by atoms with E-state index in [4.69, 9.17) is 4.74 Å². The van der Waals surface area contributed by atoms with Gasteiger partial charge in [-0.1, -0.05) is 19.1 Å². The van der Waals surface area contributed by atoms with Crippen LogP contribution in [0.2, 0.25) is 0 Å². The van der Waals surface area contributed by atoms with Crippen LogP contribution in [0.3, 0.4) is 0 Å². The molecule has 220 valence electrons. The highest BCUT2D eigenvalue weighted by Gasteiger charge is 2.18. The average Bonchev–Trinajstić information content (AvgIpc) is 3.44. The predicted molar refractivity (Wildman–Crippen MR) is 164 cm³/mol. The van der Waals surface area contributed by atoms with Crippen molar-refractivity contribution in [2.24, 2.45) is 0 Å². The van der Waals surface area contributed by atoms with Gasteiger partial charge in [-0.2, -0.15) is 0 Å². The lowest BCUT2D eigenvalue weighted by atomic mass is 10.1. The Kier molecular flexibility index (Phi) is 9.48. The second-order valence-corrected chi connectivity index (χ2v) is 11.1. The molecule has 5 rings (SSSR count). The third-order valence-electron chi connectivity index (χ3n) is 6.76. The van der Waals surface area contributed by atoms with Gasteiger partial charge in [-0.05, 0) is 72.6 Å². The fourth-order valence-electron chi connectivity index (χ4n) is 4.45. The lowest BCUT2D eigenvalue weighted by Gasteiger charge is -2.17. The predicted octanol–water partition coefficient (Wildman–Crippen LogP) is 7.09. The number of thiophene rings is 1. The maximum absolute atomic E-state index is 15.1. The molecular formula is C33H30F2N4O3S. The van der Waals surface area contributed by atoms with Crippen molar-refractivity contribution in [3.63, 3.8) is 0 Å². The van der Waals surface area contributed by atoms with Crippen LogP contribution in [0.5, 0.6) is 11.5 Å². The van der Waals surface area contributed by atoms with Crippen molar-refractivity contribution in [2.75, 3.05) is 18.5 Å². The first-order valence-electron chi connectivity index (χ1n) is 13.9. The van der Waals surface area contributed by atoms with Crippen LogP contribution in [0.4, 0.5) is 14.5 Å². The summed E-state index contributed by atoms with van der Waals surface area (Å²) in [4.78, 5) is 36.3. The number of rotatable bonds is 12. The van der Waals surface area contributed by atoms with E-state index in [9.17, 15) is 14.0 Å². The number of halogens is 2. The van der Waals surface area contributed by atoms with Crippen molar-refractivity contribution in [2.45, 2.75) is 32.7 Å². The van der Waals surface area contributed by atoms with Crippen molar-refractivity contribution < 1.29 is 23.1 Å². The molecule has 0 unspecified atom stereocenters. The van der Waals surface area contributed by atoms with E-state index in [0.29, 0.717) is 22.5 Å². The van der Waals surface area contributed by atoms with Gasteiger partial charge in [0.25, 0.3) is 0 Å². The van der Waals surface area contributed by atoms with Gasteiger partial charge in [0.1, 0.15) is 17.3 Å². The Morgan fingerprint density at radius 2 is 1.74 bits per heavy atom. The molecule has 0 radical (unpaired) electrons. The largest absolute Gasteiger partial charge is 0.453 e. The molecule has 1 amide bonds. The summed E-state index contributed by atoms with van der Waals surface area (Å²) in [5.74, 6) is -1.39. The third kappa shape index (κ3) is 7.46. The van der Waals surface area contributed by atoms with Crippen molar-refractivity contribution in [1.82, 2.24) is 15.3 Å². The summed E-state index contributed by atoms with van der Waals surface area (Å²) >= 11 is 1.46. The molecule has 3 heterocycles. The van der Waals surface area contributed by atoms with Crippen LogP contribution in [0.15, 0.2) is 79.1 Å². The molecule has 10 heteroatoms. The number of ketones is 1. The van der Waals surface area contributed by atoms with Gasteiger partial charge in [0.15, 0.2) is 11.6 Å². The van der Waals surface area contributed by atoms with Gasteiger partial charge in [-0.25, -0.2) is 8.78 Å². The third-order valence-corrected chi connectivity index (χ3v) is 7.92. The molecule has 3 aromatic heterocycles. The molecule has 0 bridgehead atoms. The molecule has 0 fully saturated rings. The summed E-state index contributed by atoms with van der Waals surface area (Å²) in [6.45, 7) is 3.84. The number of hydrogen-bond acceptors (Lipinski definition) is 7. The second kappa shape index (κ2) is 13.6. The molecule has 0 aliphatic carbocycles. The van der Waals surface area contributed by atoms with Gasteiger partial charge in [-0.3, -0.25) is 19.6 Å². The maximum atomic E-state index is 15.1. The van der Waals surface area contributed by atoms with Crippen molar-refractivity contribution in [3.8, 4) is 22.1 Å². The first-order chi connectivity index (χ1) is 20.8. The zero-order valence-corrected chi connectivity index (χ0v) is 24.6. The Morgan fingerprint density at radius 3 is 2.47 bits per heavy atom. The van der Waals surface area contributed by atoms with Crippen molar-refractivity contribution in [3.05, 3.63) is 102 Å². The SMILES string of the molecule is CCCNCc1ccc(-c2cc3nccc(Oc4ccc(CC(=O)CC(=O)N(C)c5ccc(F)cc5)cc4F)c3s2)nc1. The first kappa shape index (κ1) is 29.9. The smallest absolute Gasteiger partial charge is 0.234 e.